The largest absolute Gasteiger partial charge is 0.307 e. The zero-order valence-electron chi connectivity index (χ0n) is 10.5. The van der Waals surface area contributed by atoms with E-state index in [9.17, 15) is 0 Å². The van der Waals surface area contributed by atoms with E-state index in [0.717, 1.165) is 30.2 Å². The maximum atomic E-state index is 4.36. The van der Waals surface area contributed by atoms with Crippen molar-refractivity contribution in [2.24, 2.45) is 0 Å². The van der Waals surface area contributed by atoms with Crippen LogP contribution in [0.1, 0.15) is 28.2 Å². The molecule has 17 heavy (non-hydrogen) atoms. The molecular formula is C13H18N4. The van der Waals surface area contributed by atoms with Crippen LogP contribution in [0.3, 0.4) is 0 Å². The van der Waals surface area contributed by atoms with Crippen molar-refractivity contribution in [3.8, 4) is 0 Å². The normalized spacial score (nSPS) is 10.8. The topological polar surface area (TPSA) is 53.6 Å². The second-order valence-electron chi connectivity index (χ2n) is 4.28. The number of nitrogens with one attached hydrogen (secondary N) is 2. The predicted octanol–water partition coefficient (Wildman–Crippen LogP) is 2.02. The quantitative estimate of drug-likeness (QED) is 0.845. The molecule has 0 fully saturated rings. The summed E-state index contributed by atoms with van der Waals surface area (Å²) in [7, 11) is 0. The van der Waals surface area contributed by atoms with Crippen LogP contribution in [-0.2, 0) is 13.1 Å². The molecule has 90 valence electrons. The Bertz CT molecular complexity index is 482. The summed E-state index contributed by atoms with van der Waals surface area (Å²) >= 11 is 0. The third-order valence-corrected chi connectivity index (χ3v) is 2.99. The van der Waals surface area contributed by atoms with Gasteiger partial charge < -0.3 is 5.32 Å². The molecule has 2 aromatic heterocycles. The van der Waals surface area contributed by atoms with Crippen molar-refractivity contribution in [2.75, 3.05) is 0 Å². The average Bonchev–Trinajstić information content (AvgIpc) is 2.63. The number of nitrogens with zero attached hydrogens (tertiary/aromatic N) is 2. The minimum atomic E-state index is 0.788. The second-order valence-corrected chi connectivity index (χ2v) is 4.28. The molecule has 0 unspecified atom stereocenters. The van der Waals surface area contributed by atoms with E-state index in [1.165, 1.54) is 11.1 Å². The Morgan fingerprint density at radius 3 is 2.71 bits per heavy atom. The summed E-state index contributed by atoms with van der Waals surface area (Å²) in [4.78, 5) is 4.36. The Morgan fingerprint density at radius 1 is 1.24 bits per heavy atom. The van der Waals surface area contributed by atoms with E-state index >= 15 is 0 Å². The molecule has 2 heterocycles. The first-order valence-corrected chi connectivity index (χ1v) is 5.80. The van der Waals surface area contributed by atoms with Crippen molar-refractivity contribution in [3.05, 3.63) is 46.5 Å². The van der Waals surface area contributed by atoms with Crippen LogP contribution in [0.2, 0.25) is 0 Å². The number of H-pyrrole nitrogens is 1. The van der Waals surface area contributed by atoms with Gasteiger partial charge in [-0.05, 0) is 32.4 Å². The molecule has 0 amide bonds. The number of pyridine rings is 1. The summed E-state index contributed by atoms with van der Waals surface area (Å²) in [5.74, 6) is 0. The first kappa shape index (κ1) is 11.8. The molecule has 2 aromatic rings. The van der Waals surface area contributed by atoms with E-state index in [1.807, 2.05) is 26.1 Å². The molecule has 2 rings (SSSR count). The number of hydrogen-bond acceptors (Lipinski definition) is 3. The average molecular weight is 230 g/mol. The van der Waals surface area contributed by atoms with E-state index in [0.29, 0.717) is 0 Å². The molecule has 0 saturated carbocycles. The first-order valence-electron chi connectivity index (χ1n) is 5.80. The van der Waals surface area contributed by atoms with Gasteiger partial charge in [-0.3, -0.25) is 10.1 Å². The highest BCUT2D eigenvalue weighted by Crippen LogP contribution is 2.09. The van der Waals surface area contributed by atoms with Crippen molar-refractivity contribution in [3.63, 3.8) is 0 Å². The monoisotopic (exact) mass is 230 g/mol. The fraction of sp³-hybridized carbons (Fsp3) is 0.385. The summed E-state index contributed by atoms with van der Waals surface area (Å²) in [6.07, 6.45) is 1.83. The smallest absolute Gasteiger partial charge is 0.0638 e. The van der Waals surface area contributed by atoms with Crippen LogP contribution in [0.15, 0.2) is 18.3 Å². The van der Waals surface area contributed by atoms with Crippen LogP contribution in [0.25, 0.3) is 0 Å². The van der Waals surface area contributed by atoms with Gasteiger partial charge in [-0.2, -0.15) is 5.10 Å². The van der Waals surface area contributed by atoms with Gasteiger partial charge in [0.25, 0.3) is 0 Å². The van der Waals surface area contributed by atoms with Gasteiger partial charge in [0.15, 0.2) is 0 Å². The number of rotatable bonds is 4. The summed E-state index contributed by atoms with van der Waals surface area (Å²) in [5.41, 5.74) is 5.77. The number of aromatic amines is 1. The molecule has 0 aromatic carbocycles. The van der Waals surface area contributed by atoms with Gasteiger partial charge in [0, 0.05) is 30.5 Å². The fourth-order valence-corrected chi connectivity index (χ4v) is 1.84. The third-order valence-electron chi connectivity index (χ3n) is 2.99. The lowest BCUT2D eigenvalue weighted by Gasteiger charge is -2.06. The minimum Gasteiger partial charge on any atom is -0.307 e. The van der Waals surface area contributed by atoms with Crippen molar-refractivity contribution >= 4 is 0 Å². The zero-order chi connectivity index (χ0) is 12.3. The molecule has 2 N–H and O–H groups in total. The Morgan fingerprint density at radius 2 is 2.06 bits per heavy atom. The van der Waals surface area contributed by atoms with Crippen LogP contribution >= 0.6 is 0 Å². The summed E-state index contributed by atoms with van der Waals surface area (Å²) in [6.45, 7) is 7.76. The van der Waals surface area contributed by atoms with Crippen LogP contribution in [0, 0.1) is 20.8 Å². The molecule has 0 aliphatic carbocycles. The molecule has 0 radical (unpaired) electrons. The standard InChI is InChI=1S/C13H18N4/c1-9-5-4-6-15-13(9)8-14-7-12-10(2)16-17-11(12)3/h4-6,14H,7-8H2,1-3H3,(H,16,17). The number of hydrogen-bond donors (Lipinski definition) is 2. The van der Waals surface area contributed by atoms with Crippen molar-refractivity contribution in [1.82, 2.24) is 20.5 Å². The van der Waals surface area contributed by atoms with Crippen LogP contribution < -0.4 is 5.32 Å². The van der Waals surface area contributed by atoms with Crippen LogP contribution in [0.4, 0.5) is 0 Å². The summed E-state index contributed by atoms with van der Waals surface area (Å²) < 4.78 is 0. The fourth-order valence-electron chi connectivity index (χ4n) is 1.84. The molecule has 4 nitrogen and oxygen atoms in total. The van der Waals surface area contributed by atoms with E-state index in [1.54, 1.807) is 0 Å². The van der Waals surface area contributed by atoms with Crippen molar-refractivity contribution in [2.45, 2.75) is 33.9 Å². The van der Waals surface area contributed by atoms with E-state index in [-0.39, 0.29) is 0 Å². The molecule has 4 heteroatoms. The summed E-state index contributed by atoms with van der Waals surface area (Å²) in [6, 6.07) is 4.04. The Labute approximate surface area is 101 Å². The minimum absolute atomic E-state index is 0.788. The highest BCUT2D eigenvalue weighted by molar-refractivity contribution is 5.23. The SMILES string of the molecule is Cc1cccnc1CNCc1c(C)n[nH]c1C. The molecule has 0 saturated heterocycles. The van der Waals surface area contributed by atoms with Gasteiger partial charge in [-0.1, -0.05) is 6.07 Å². The summed E-state index contributed by atoms with van der Waals surface area (Å²) in [5, 5.41) is 10.6. The second kappa shape index (κ2) is 5.10. The van der Waals surface area contributed by atoms with Crippen molar-refractivity contribution < 1.29 is 0 Å². The van der Waals surface area contributed by atoms with Gasteiger partial charge >= 0.3 is 0 Å². The lowest BCUT2D eigenvalue weighted by atomic mass is 10.2. The van der Waals surface area contributed by atoms with E-state index in [4.69, 9.17) is 0 Å². The lowest BCUT2D eigenvalue weighted by Crippen LogP contribution is -2.15. The number of aromatic nitrogens is 3. The maximum absolute atomic E-state index is 4.36. The van der Waals surface area contributed by atoms with Crippen LogP contribution in [0.5, 0.6) is 0 Å². The van der Waals surface area contributed by atoms with Gasteiger partial charge in [-0.15, -0.1) is 0 Å². The van der Waals surface area contributed by atoms with Crippen molar-refractivity contribution in [1.29, 1.82) is 0 Å². The molecule has 0 bridgehead atoms. The Balaban J connectivity index is 1.95. The van der Waals surface area contributed by atoms with Gasteiger partial charge in [0.1, 0.15) is 0 Å². The third kappa shape index (κ3) is 2.71. The van der Waals surface area contributed by atoms with Crippen LogP contribution in [-0.4, -0.2) is 15.2 Å². The lowest BCUT2D eigenvalue weighted by molar-refractivity contribution is 0.672. The first-order chi connectivity index (χ1) is 8.18. The van der Waals surface area contributed by atoms with E-state index < -0.39 is 0 Å². The van der Waals surface area contributed by atoms with Gasteiger partial charge in [-0.25, -0.2) is 0 Å². The Kier molecular flexibility index (Phi) is 3.54. The molecule has 0 aliphatic heterocycles. The van der Waals surface area contributed by atoms with E-state index in [2.05, 4.69) is 33.5 Å². The molecule has 0 spiro atoms. The zero-order valence-corrected chi connectivity index (χ0v) is 10.5. The molecule has 0 aliphatic rings. The predicted molar refractivity (Wildman–Crippen MR) is 67.6 cm³/mol. The highest BCUT2D eigenvalue weighted by Gasteiger charge is 2.05. The molecular weight excluding hydrogens is 212 g/mol. The van der Waals surface area contributed by atoms with Gasteiger partial charge in [0.2, 0.25) is 0 Å². The maximum Gasteiger partial charge on any atom is 0.0638 e. The van der Waals surface area contributed by atoms with Gasteiger partial charge in [0.05, 0.1) is 11.4 Å². The Hall–Kier alpha value is -1.68. The number of aryl methyl sites for hydroxylation is 3. The highest BCUT2D eigenvalue weighted by atomic mass is 15.1. The molecule has 0 atom stereocenters.